The maximum atomic E-state index is 8.85. The predicted octanol–water partition coefficient (Wildman–Crippen LogP) is 0.635. The number of hydrogen-bond donors (Lipinski definition) is 2. The van der Waals surface area contributed by atoms with Crippen molar-refractivity contribution in [3.8, 4) is 0 Å². The van der Waals surface area contributed by atoms with Crippen LogP contribution in [0.5, 0.6) is 0 Å². The Labute approximate surface area is 77.3 Å². The maximum absolute atomic E-state index is 8.85. The van der Waals surface area contributed by atoms with Gasteiger partial charge in [-0.1, -0.05) is 25.3 Å². The minimum atomic E-state index is -1.46. The standard InChI is InChI=1S/C9H10BNO2/c1-3-11-9-5-4-8(10(12)13)6-7(9)2/h3-6,12-13H,1-2H2. The van der Waals surface area contributed by atoms with Crippen molar-refractivity contribution in [1.29, 1.82) is 0 Å². The molecule has 0 aromatic carbocycles. The molecule has 0 heterocycles. The summed E-state index contributed by atoms with van der Waals surface area (Å²) in [5.41, 5.74) is 1.73. The first-order valence-corrected chi connectivity index (χ1v) is 3.79. The van der Waals surface area contributed by atoms with E-state index in [4.69, 9.17) is 10.0 Å². The lowest BCUT2D eigenvalue weighted by atomic mass is 9.76. The van der Waals surface area contributed by atoms with E-state index in [0.717, 1.165) is 0 Å². The van der Waals surface area contributed by atoms with Gasteiger partial charge >= 0.3 is 7.12 Å². The zero-order valence-corrected chi connectivity index (χ0v) is 7.14. The van der Waals surface area contributed by atoms with Gasteiger partial charge in [-0.05, 0) is 17.1 Å². The van der Waals surface area contributed by atoms with Gasteiger partial charge < -0.3 is 10.0 Å². The van der Waals surface area contributed by atoms with Gasteiger partial charge in [-0.3, -0.25) is 4.99 Å². The predicted molar refractivity (Wildman–Crippen MR) is 54.2 cm³/mol. The molecule has 0 saturated carbocycles. The van der Waals surface area contributed by atoms with E-state index in [1.54, 1.807) is 18.2 Å². The van der Waals surface area contributed by atoms with Gasteiger partial charge in [0.1, 0.15) is 0 Å². The minimum absolute atomic E-state index is 0.410. The Balaban J connectivity index is 2.91. The van der Waals surface area contributed by atoms with Crippen LogP contribution in [-0.2, 0) is 0 Å². The van der Waals surface area contributed by atoms with Crippen molar-refractivity contribution >= 4 is 12.8 Å². The van der Waals surface area contributed by atoms with Crippen LogP contribution in [-0.4, -0.2) is 22.9 Å². The van der Waals surface area contributed by atoms with Crippen LogP contribution in [0.15, 0.2) is 53.6 Å². The molecule has 0 saturated heterocycles. The summed E-state index contributed by atoms with van der Waals surface area (Å²) in [5.74, 6) is 0. The highest BCUT2D eigenvalue weighted by Gasteiger charge is 2.15. The minimum Gasteiger partial charge on any atom is -0.423 e. The van der Waals surface area contributed by atoms with Gasteiger partial charge in [0.15, 0.2) is 0 Å². The number of aliphatic imine (C=N–C) groups is 1. The van der Waals surface area contributed by atoms with Crippen LogP contribution >= 0.6 is 0 Å². The van der Waals surface area contributed by atoms with Crippen molar-refractivity contribution in [2.75, 3.05) is 0 Å². The lowest BCUT2D eigenvalue weighted by Crippen LogP contribution is -2.17. The van der Waals surface area contributed by atoms with Gasteiger partial charge in [0.25, 0.3) is 0 Å². The zero-order valence-electron chi connectivity index (χ0n) is 7.14. The summed E-state index contributed by atoms with van der Waals surface area (Å²) in [7, 11) is -1.46. The number of allylic oxidation sites excluding steroid dienone is 5. The molecule has 0 unspecified atom stereocenters. The Morgan fingerprint density at radius 2 is 2.08 bits per heavy atom. The van der Waals surface area contributed by atoms with Crippen LogP contribution < -0.4 is 0 Å². The van der Waals surface area contributed by atoms with Gasteiger partial charge in [0.2, 0.25) is 0 Å². The Morgan fingerprint density at radius 1 is 1.38 bits per heavy atom. The van der Waals surface area contributed by atoms with Crippen LogP contribution in [0.4, 0.5) is 0 Å². The van der Waals surface area contributed by atoms with E-state index in [0.29, 0.717) is 16.8 Å². The first kappa shape index (κ1) is 9.70. The Morgan fingerprint density at radius 3 is 2.54 bits per heavy atom. The van der Waals surface area contributed by atoms with Crippen LogP contribution in [0.25, 0.3) is 0 Å². The van der Waals surface area contributed by atoms with Gasteiger partial charge in [-0.25, -0.2) is 0 Å². The smallest absolute Gasteiger partial charge is 0.423 e. The molecule has 0 aliphatic heterocycles. The zero-order chi connectivity index (χ0) is 9.84. The molecule has 66 valence electrons. The Bertz CT molecular complexity index is 327. The third kappa shape index (κ3) is 2.27. The molecule has 2 N–H and O–H groups in total. The summed E-state index contributed by atoms with van der Waals surface area (Å²) in [4.78, 5) is 3.94. The van der Waals surface area contributed by atoms with E-state index in [2.05, 4.69) is 18.2 Å². The lowest BCUT2D eigenvalue weighted by Gasteiger charge is -2.08. The van der Waals surface area contributed by atoms with Crippen molar-refractivity contribution in [2.24, 2.45) is 4.99 Å². The quantitative estimate of drug-likeness (QED) is 0.605. The molecule has 1 rings (SSSR count). The van der Waals surface area contributed by atoms with E-state index >= 15 is 0 Å². The molecule has 3 nitrogen and oxygen atoms in total. The third-order valence-electron chi connectivity index (χ3n) is 1.63. The highest BCUT2D eigenvalue weighted by Crippen LogP contribution is 2.13. The van der Waals surface area contributed by atoms with E-state index in [1.807, 2.05) is 0 Å². The first-order valence-electron chi connectivity index (χ1n) is 3.79. The summed E-state index contributed by atoms with van der Waals surface area (Å²) < 4.78 is 0. The van der Waals surface area contributed by atoms with E-state index in [9.17, 15) is 0 Å². The Kier molecular flexibility index (Phi) is 3.00. The van der Waals surface area contributed by atoms with Crippen LogP contribution in [0.2, 0.25) is 0 Å². The fourth-order valence-electron chi connectivity index (χ4n) is 0.990. The molecule has 0 amide bonds. The van der Waals surface area contributed by atoms with E-state index in [-0.39, 0.29) is 0 Å². The average molecular weight is 175 g/mol. The topological polar surface area (TPSA) is 52.8 Å². The molecule has 1 aliphatic carbocycles. The van der Waals surface area contributed by atoms with Gasteiger partial charge in [0.05, 0.1) is 5.71 Å². The molecule has 0 aromatic heterocycles. The highest BCUT2D eigenvalue weighted by atomic mass is 16.4. The van der Waals surface area contributed by atoms with Crippen LogP contribution in [0.1, 0.15) is 0 Å². The van der Waals surface area contributed by atoms with Crippen molar-refractivity contribution in [3.05, 3.63) is 48.6 Å². The first-order chi connectivity index (χ1) is 6.15. The lowest BCUT2D eigenvalue weighted by molar-refractivity contribution is 0.420. The molecule has 0 bridgehead atoms. The molecule has 0 fully saturated rings. The van der Waals surface area contributed by atoms with Crippen molar-refractivity contribution < 1.29 is 10.0 Å². The largest absolute Gasteiger partial charge is 0.488 e. The summed E-state index contributed by atoms with van der Waals surface area (Å²) >= 11 is 0. The molecular weight excluding hydrogens is 165 g/mol. The van der Waals surface area contributed by atoms with Crippen molar-refractivity contribution in [2.45, 2.75) is 0 Å². The third-order valence-corrected chi connectivity index (χ3v) is 1.63. The molecule has 0 atom stereocenters. The molecule has 13 heavy (non-hydrogen) atoms. The normalized spacial score (nSPS) is 18.8. The number of hydrogen-bond acceptors (Lipinski definition) is 3. The number of nitrogens with zero attached hydrogens (tertiary/aromatic N) is 1. The molecule has 4 heteroatoms. The summed E-state index contributed by atoms with van der Waals surface area (Å²) in [6.45, 7) is 7.18. The molecule has 1 aliphatic rings. The van der Waals surface area contributed by atoms with E-state index in [1.165, 1.54) is 6.20 Å². The molecular formula is C9H10BNO2. The van der Waals surface area contributed by atoms with Gasteiger partial charge in [0, 0.05) is 6.20 Å². The van der Waals surface area contributed by atoms with Gasteiger partial charge in [-0.15, -0.1) is 0 Å². The van der Waals surface area contributed by atoms with Crippen molar-refractivity contribution in [1.82, 2.24) is 0 Å². The SMILES string of the molecule is C=CN=C1C=CC(B(O)O)=CC1=C. The fourth-order valence-corrected chi connectivity index (χ4v) is 0.990. The average Bonchev–Trinajstić information content (AvgIpc) is 2.08. The van der Waals surface area contributed by atoms with Crippen molar-refractivity contribution in [3.63, 3.8) is 0 Å². The highest BCUT2D eigenvalue weighted by molar-refractivity contribution is 6.52. The summed E-state index contributed by atoms with van der Waals surface area (Å²) in [6.07, 6.45) is 6.24. The van der Waals surface area contributed by atoms with Gasteiger partial charge in [-0.2, -0.15) is 0 Å². The van der Waals surface area contributed by atoms with Crippen LogP contribution in [0.3, 0.4) is 0 Å². The summed E-state index contributed by atoms with van der Waals surface area (Å²) in [5, 5.41) is 17.7. The van der Waals surface area contributed by atoms with E-state index < -0.39 is 7.12 Å². The second-order valence-electron chi connectivity index (χ2n) is 2.57. The second kappa shape index (κ2) is 4.02. The monoisotopic (exact) mass is 175 g/mol. The summed E-state index contributed by atoms with van der Waals surface area (Å²) in [6, 6.07) is 0. The Hall–Kier alpha value is -1.39. The second-order valence-corrected chi connectivity index (χ2v) is 2.57. The maximum Gasteiger partial charge on any atom is 0.488 e. The molecule has 0 aromatic rings. The number of rotatable bonds is 2. The van der Waals surface area contributed by atoms with Crippen LogP contribution in [0, 0.1) is 0 Å². The molecule has 0 radical (unpaired) electrons. The molecule has 0 spiro atoms. The fraction of sp³-hybridized carbons (Fsp3) is 0.